The summed E-state index contributed by atoms with van der Waals surface area (Å²) in [5, 5.41) is 11.8. The molecular weight excluding hydrogens is 424 g/mol. The minimum Gasteiger partial charge on any atom is -0.311 e. The molecule has 0 spiro atoms. The minimum absolute atomic E-state index is 0.232. The fourth-order valence-corrected chi connectivity index (χ4v) is 5.77. The Morgan fingerprint density at radius 3 is 2.59 bits per heavy atom. The summed E-state index contributed by atoms with van der Waals surface area (Å²) >= 11 is 0. The van der Waals surface area contributed by atoms with Crippen LogP contribution in [0, 0.1) is 24.2 Å². The van der Waals surface area contributed by atoms with Crippen LogP contribution >= 0.6 is 0 Å². The molecule has 0 aliphatic carbocycles. The topological polar surface area (TPSA) is 96.8 Å². The molecule has 0 saturated carbocycles. The van der Waals surface area contributed by atoms with Gasteiger partial charge in [-0.15, -0.1) is 0 Å². The van der Waals surface area contributed by atoms with Crippen molar-refractivity contribution in [2.75, 3.05) is 18.1 Å². The molecule has 1 aromatic carbocycles. The average Bonchev–Trinajstić information content (AvgIpc) is 3.43. The van der Waals surface area contributed by atoms with E-state index >= 15 is 0 Å². The van der Waals surface area contributed by atoms with Gasteiger partial charge in [-0.25, -0.2) is 27.0 Å². The van der Waals surface area contributed by atoms with Crippen LogP contribution < -0.4 is 5.01 Å². The van der Waals surface area contributed by atoms with Crippen molar-refractivity contribution in [2.24, 2.45) is 5.92 Å². The maximum atomic E-state index is 13.3. The highest BCUT2D eigenvalue weighted by Crippen LogP contribution is 2.29. The highest BCUT2D eigenvalue weighted by atomic mass is 32.2. The zero-order valence-corrected chi connectivity index (χ0v) is 18.7. The number of piperidine rings is 1. The molecule has 8 nitrogen and oxygen atoms in total. The normalized spacial score (nSPS) is 15.4. The molecule has 0 amide bonds. The predicted octanol–water partition coefficient (Wildman–Crippen LogP) is 3.58. The Morgan fingerprint density at radius 2 is 1.88 bits per heavy atom. The second-order valence-electron chi connectivity index (χ2n) is 8.34. The van der Waals surface area contributed by atoms with E-state index in [2.05, 4.69) is 21.0 Å². The lowest BCUT2D eigenvalue weighted by molar-refractivity contribution is 0.351. The third-order valence-electron chi connectivity index (χ3n) is 6.31. The first kappa shape index (κ1) is 20.5. The van der Waals surface area contributed by atoms with Crippen molar-refractivity contribution in [3.8, 4) is 6.07 Å². The quantitative estimate of drug-likeness (QED) is 0.463. The van der Waals surface area contributed by atoms with Crippen LogP contribution in [0.25, 0.3) is 22.1 Å². The molecule has 0 radical (unpaired) electrons. The second kappa shape index (κ2) is 7.95. The zero-order valence-electron chi connectivity index (χ0n) is 17.8. The van der Waals surface area contributed by atoms with Crippen molar-refractivity contribution in [3.63, 3.8) is 0 Å². The van der Waals surface area contributed by atoms with Gasteiger partial charge in [0.25, 0.3) is 10.0 Å². The predicted molar refractivity (Wildman–Crippen MR) is 122 cm³/mol. The molecule has 1 aliphatic heterocycles. The van der Waals surface area contributed by atoms with Crippen LogP contribution in [-0.4, -0.2) is 40.1 Å². The molecule has 1 aliphatic rings. The van der Waals surface area contributed by atoms with E-state index in [1.807, 2.05) is 11.6 Å². The summed E-state index contributed by atoms with van der Waals surface area (Å²) in [7, 11) is -3.76. The molecule has 4 aromatic rings. The Bertz CT molecular complexity index is 1420. The van der Waals surface area contributed by atoms with Crippen LogP contribution in [0.5, 0.6) is 0 Å². The number of nitrogens with zero attached hydrogens (tertiary/aromatic N) is 6. The van der Waals surface area contributed by atoms with E-state index in [0.717, 1.165) is 54.3 Å². The highest BCUT2D eigenvalue weighted by molar-refractivity contribution is 7.90. The number of imidazole rings is 1. The number of pyridine rings is 1. The van der Waals surface area contributed by atoms with E-state index in [1.165, 1.54) is 3.97 Å². The summed E-state index contributed by atoms with van der Waals surface area (Å²) in [6, 6.07) is 10.9. The van der Waals surface area contributed by atoms with Gasteiger partial charge in [-0.2, -0.15) is 5.26 Å². The first-order valence-corrected chi connectivity index (χ1v) is 12.2. The van der Waals surface area contributed by atoms with Gasteiger partial charge in [0.2, 0.25) is 0 Å². The maximum absolute atomic E-state index is 13.3. The van der Waals surface area contributed by atoms with E-state index in [1.54, 1.807) is 49.1 Å². The van der Waals surface area contributed by atoms with Crippen molar-refractivity contribution in [1.29, 1.82) is 5.26 Å². The number of hydrogen-bond acceptors (Lipinski definition) is 6. The molecule has 32 heavy (non-hydrogen) atoms. The van der Waals surface area contributed by atoms with E-state index in [9.17, 15) is 8.42 Å². The van der Waals surface area contributed by atoms with Gasteiger partial charge in [0, 0.05) is 31.1 Å². The van der Waals surface area contributed by atoms with E-state index < -0.39 is 10.0 Å². The van der Waals surface area contributed by atoms with E-state index in [0.29, 0.717) is 18.0 Å². The van der Waals surface area contributed by atoms with Crippen molar-refractivity contribution in [1.82, 2.24) is 18.6 Å². The van der Waals surface area contributed by atoms with Crippen molar-refractivity contribution < 1.29 is 8.42 Å². The van der Waals surface area contributed by atoms with Gasteiger partial charge in [0.05, 0.1) is 17.2 Å². The fourth-order valence-electron chi connectivity index (χ4n) is 4.47. The lowest BCUT2D eigenvalue weighted by Gasteiger charge is -2.34. The van der Waals surface area contributed by atoms with Crippen molar-refractivity contribution >= 4 is 32.1 Å². The minimum atomic E-state index is -3.76. The first-order valence-electron chi connectivity index (χ1n) is 10.8. The Morgan fingerprint density at radius 1 is 1.12 bits per heavy atom. The molecule has 1 fully saturated rings. The fraction of sp³-hybridized carbons (Fsp3) is 0.348. The van der Waals surface area contributed by atoms with Gasteiger partial charge in [-0.05, 0) is 50.3 Å². The molecular formula is C23H24N6O2S. The molecule has 164 valence electrons. The van der Waals surface area contributed by atoms with Crippen molar-refractivity contribution in [3.05, 3.63) is 54.6 Å². The third-order valence-corrected chi connectivity index (χ3v) is 7.99. The summed E-state index contributed by atoms with van der Waals surface area (Å²) < 4.78 is 29.8. The van der Waals surface area contributed by atoms with Gasteiger partial charge in [-0.1, -0.05) is 17.7 Å². The molecule has 9 heteroatoms. The summed E-state index contributed by atoms with van der Waals surface area (Å²) in [6.07, 6.45) is 8.59. The lowest BCUT2D eigenvalue weighted by atomic mass is 9.93. The molecule has 0 atom stereocenters. The second-order valence-corrected chi connectivity index (χ2v) is 10.2. The van der Waals surface area contributed by atoms with Crippen LogP contribution in [-0.2, 0) is 10.0 Å². The number of fused-ring (bicyclic) bond motifs is 3. The number of aryl methyl sites for hydroxylation is 1. The molecule has 0 unspecified atom stereocenters. The Labute approximate surface area is 186 Å². The van der Waals surface area contributed by atoms with Crippen LogP contribution in [0.2, 0.25) is 0 Å². The summed E-state index contributed by atoms with van der Waals surface area (Å²) in [5.41, 5.74) is 2.99. The maximum Gasteiger partial charge on any atom is 0.269 e. The molecule has 5 rings (SSSR count). The SMILES string of the molecule is Cc1ccc(S(=O)(=O)n2ccc3c4c(cnc32)ncn4N2CCC(CCC#N)CC2)cc1. The summed E-state index contributed by atoms with van der Waals surface area (Å²) in [5.74, 6) is 0.572. The van der Waals surface area contributed by atoms with Gasteiger partial charge in [0.1, 0.15) is 17.4 Å². The largest absolute Gasteiger partial charge is 0.311 e. The number of nitriles is 1. The monoisotopic (exact) mass is 448 g/mol. The molecule has 0 bridgehead atoms. The van der Waals surface area contributed by atoms with Gasteiger partial charge in [0.15, 0.2) is 5.65 Å². The Hall–Kier alpha value is -3.38. The average molecular weight is 449 g/mol. The van der Waals surface area contributed by atoms with Crippen LogP contribution in [0.3, 0.4) is 0 Å². The number of rotatable bonds is 5. The molecule has 4 heterocycles. The van der Waals surface area contributed by atoms with Crippen molar-refractivity contribution in [2.45, 2.75) is 37.5 Å². The molecule has 1 saturated heterocycles. The number of benzene rings is 1. The highest BCUT2D eigenvalue weighted by Gasteiger charge is 2.24. The van der Waals surface area contributed by atoms with Gasteiger partial charge in [-0.3, -0.25) is 0 Å². The molecule has 0 N–H and O–H groups in total. The first-order chi connectivity index (χ1) is 15.5. The van der Waals surface area contributed by atoms with Gasteiger partial charge >= 0.3 is 0 Å². The number of hydrogen-bond donors (Lipinski definition) is 0. The Balaban J connectivity index is 1.53. The zero-order chi connectivity index (χ0) is 22.3. The van der Waals surface area contributed by atoms with Crippen LogP contribution in [0.4, 0.5) is 0 Å². The number of aromatic nitrogens is 4. The van der Waals surface area contributed by atoms with Gasteiger partial charge < -0.3 is 5.01 Å². The standard InChI is InChI=1S/C23H24N6O2S/c1-17-4-6-19(7-5-17)32(30,31)29-14-10-20-22-21(15-25-23(20)29)26-16-28(22)27-12-8-18(9-13-27)3-2-11-24/h4-7,10,14-16,18H,2-3,8-9,12-13H2,1H3. The summed E-state index contributed by atoms with van der Waals surface area (Å²) in [4.78, 5) is 9.18. The summed E-state index contributed by atoms with van der Waals surface area (Å²) in [6.45, 7) is 3.66. The van der Waals surface area contributed by atoms with Crippen LogP contribution in [0.15, 0.2) is 53.9 Å². The molecule has 3 aromatic heterocycles. The van der Waals surface area contributed by atoms with E-state index in [4.69, 9.17) is 5.26 Å². The van der Waals surface area contributed by atoms with Crippen LogP contribution in [0.1, 0.15) is 31.2 Å². The smallest absolute Gasteiger partial charge is 0.269 e. The van der Waals surface area contributed by atoms with E-state index in [-0.39, 0.29) is 4.90 Å². The third kappa shape index (κ3) is 3.41. The lowest BCUT2D eigenvalue weighted by Crippen LogP contribution is -2.41. The Kier molecular flexibility index (Phi) is 5.10.